The van der Waals surface area contributed by atoms with Gasteiger partial charge in [-0.05, 0) is 18.4 Å². The van der Waals surface area contributed by atoms with E-state index >= 15 is 0 Å². The van der Waals surface area contributed by atoms with Gasteiger partial charge >= 0.3 is 0 Å². The third kappa shape index (κ3) is 7.15. The molecule has 2 aromatic heterocycles. The summed E-state index contributed by atoms with van der Waals surface area (Å²) >= 11 is 3.51. The summed E-state index contributed by atoms with van der Waals surface area (Å²) in [7, 11) is 1.81. The molecule has 30 heavy (non-hydrogen) atoms. The van der Waals surface area contributed by atoms with E-state index in [0.717, 1.165) is 42.9 Å². The zero-order valence-corrected chi connectivity index (χ0v) is 22.4. The van der Waals surface area contributed by atoms with Crippen LogP contribution in [-0.2, 0) is 16.7 Å². The zero-order valence-electron chi connectivity index (χ0n) is 18.5. The summed E-state index contributed by atoms with van der Waals surface area (Å²) < 4.78 is 5.74. The van der Waals surface area contributed by atoms with Crippen LogP contribution >= 0.6 is 46.7 Å². The van der Waals surface area contributed by atoms with Crippen molar-refractivity contribution in [2.45, 2.75) is 51.8 Å². The van der Waals surface area contributed by atoms with Crippen LogP contribution < -0.4 is 10.6 Å². The highest BCUT2D eigenvalue weighted by Crippen LogP contribution is 2.26. The molecule has 9 heteroatoms. The number of guanidine groups is 1. The summed E-state index contributed by atoms with van der Waals surface area (Å²) in [5.41, 5.74) is 1.22. The summed E-state index contributed by atoms with van der Waals surface area (Å²) in [5, 5.41) is 12.3. The lowest BCUT2D eigenvalue weighted by Crippen LogP contribution is -2.47. The lowest BCUT2D eigenvalue weighted by molar-refractivity contribution is -0.0334. The van der Waals surface area contributed by atoms with Crippen LogP contribution in [0.3, 0.4) is 0 Å². The van der Waals surface area contributed by atoms with Crippen LogP contribution in [0.4, 0.5) is 0 Å². The summed E-state index contributed by atoms with van der Waals surface area (Å²) in [4.78, 5) is 13.0. The highest BCUT2D eigenvalue weighted by molar-refractivity contribution is 14.0. The monoisotopic (exact) mass is 563 g/mol. The van der Waals surface area contributed by atoms with Gasteiger partial charge in [0.25, 0.3) is 0 Å². The third-order valence-corrected chi connectivity index (χ3v) is 6.82. The summed E-state index contributed by atoms with van der Waals surface area (Å²) in [6.07, 6.45) is 0.269. The van der Waals surface area contributed by atoms with Crippen molar-refractivity contribution in [1.82, 2.24) is 20.5 Å². The molecule has 0 radical (unpaired) electrons. The standard InChI is InChI=1S/C21H33N5OS2.HI/c1-15-13-26(8-9-27-15)16(17-7-6-10-28-17)11-23-20(22-5)24-12-19-25-18(14-29-19)21(2,3)4;/h6-7,10,14-16H,8-9,11-13H2,1-5H3,(H2,22,23,24);1H. The van der Waals surface area contributed by atoms with E-state index in [-0.39, 0.29) is 35.5 Å². The molecule has 2 N–H and O–H groups in total. The van der Waals surface area contributed by atoms with Crippen LogP contribution in [0.1, 0.15) is 49.3 Å². The molecule has 0 bridgehead atoms. The summed E-state index contributed by atoms with van der Waals surface area (Å²) in [6.45, 7) is 12.9. The Morgan fingerprint density at radius 3 is 2.77 bits per heavy atom. The number of aromatic nitrogens is 1. The smallest absolute Gasteiger partial charge is 0.191 e. The Kier molecular flexibility index (Phi) is 9.99. The number of hydrogen-bond acceptors (Lipinski definition) is 6. The van der Waals surface area contributed by atoms with E-state index in [1.165, 1.54) is 4.88 Å². The molecular weight excluding hydrogens is 529 g/mol. The average molecular weight is 564 g/mol. The lowest BCUT2D eigenvalue weighted by atomic mass is 9.93. The number of halogens is 1. The Hall–Kier alpha value is -0.750. The van der Waals surface area contributed by atoms with Crippen LogP contribution in [0.2, 0.25) is 0 Å². The quantitative estimate of drug-likeness (QED) is 0.313. The van der Waals surface area contributed by atoms with E-state index in [4.69, 9.17) is 9.72 Å². The number of ether oxygens (including phenoxy) is 1. The fraction of sp³-hybridized carbons (Fsp3) is 0.619. The molecule has 168 valence electrons. The fourth-order valence-electron chi connectivity index (χ4n) is 3.33. The molecule has 1 saturated heterocycles. The number of aliphatic imine (C=N–C) groups is 1. The Morgan fingerprint density at radius 1 is 1.37 bits per heavy atom. The maximum absolute atomic E-state index is 5.74. The molecule has 3 rings (SSSR count). The maximum Gasteiger partial charge on any atom is 0.191 e. The molecule has 2 atom stereocenters. The number of rotatable bonds is 6. The first-order valence-corrected chi connectivity index (χ1v) is 11.9. The molecule has 1 aliphatic rings. The highest BCUT2D eigenvalue weighted by Gasteiger charge is 2.26. The van der Waals surface area contributed by atoms with Crippen molar-refractivity contribution in [3.63, 3.8) is 0 Å². The van der Waals surface area contributed by atoms with Gasteiger partial charge in [-0.1, -0.05) is 26.8 Å². The van der Waals surface area contributed by atoms with Crippen LogP contribution in [0.25, 0.3) is 0 Å². The van der Waals surface area contributed by atoms with Crippen LogP contribution in [0.5, 0.6) is 0 Å². The van der Waals surface area contributed by atoms with Gasteiger partial charge in [-0.2, -0.15) is 0 Å². The fourth-order valence-corrected chi connectivity index (χ4v) is 5.15. The SMILES string of the molecule is CN=C(NCc1nc(C(C)(C)C)cs1)NCC(c1cccs1)N1CCOC(C)C1.I. The minimum atomic E-state index is 0. The molecule has 0 saturated carbocycles. The first-order valence-electron chi connectivity index (χ1n) is 10.1. The van der Waals surface area contributed by atoms with Crippen LogP contribution in [0.15, 0.2) is 27.9 Å². The van der Waals surface area contributed by atoms with Gasteiger partial charge in [0.15, 0.2) is 5.96 Å². The largest absolute Gasteiger partial charge is 0.376 e. The topological polar surface area (TPSA) is 61.8 Å². The van der Waals surface area contributed by atoms with E-state index < -0.39 is 0 Å². The lowest BCUT2D eigenvalue weighted by Gasteiger charge is -2.37. The number of hydrogen-bond donors (Lipinski definition) is 2. The molecule has 2 aromatic rings. The van der Waals surface area contributed by atoms with Gasteiger partial charge in [0.05, 0.1) is 31.0 Å². The molecule has 6 nitrogen and oxygen atoms in total. The van der Waals surface area contributed by atoms with Gasteiger partial charge in [-0.15, -0.1) is 46.7 Å². The van der Waals surface area contributed by atoms with Gasteiger partial charge in [0.1, 0.15) is 5.01 Å². The second kappa shape index (κ2) is 11.8. The number of thiophene rings is 1. The first-order chi connectivity index (χ1) is 13.9. The maximum atomic E-state index is 5.74. The molecule has 2 unspecified atom stereocenters. The second-order valence-corrected chi connectivity index (χ2v) is 10.3. The van der Waals surface area contributed by atoms with Crippen molar-refractivity contribution in [1.29, 1.82) is 0 Å². The van der Waals surface area contributed by atoms with Crippen molar-refractivity contribution in [2.24, 2.45) is 4.99 Å². The Labute approximate surface area is 205 Å². The molecule has 0 aliphatic carbocycles. The van der Waals surface area contributed by atoms with E-state index in [2.05, 4.69) is 71.1 Å². The van der Waals surface area contributed by atoms with Crippen LogP contribution in [-0.4, -0.2) is 55.2 Å². The number of thiazole rings is 1. The molecule has 0 amide bonds. The Morgan fingerprint density at radius 2 is 2.17 bits per heavy atom. The van der Waals surface area contributed by atoms with Crippen molar-refractivity contribution in [2.75, 3.05) is 33.3 Å². The molecule has 0 spiro atoms. The van der Waals surface area contributed by atoms with Gasteiger partial charge in [0.2, 0.25) is 0 Å². The second-order valence-electron chi connectivity index (χ2n) is 8.39. The summed E-state index contributed by atoms with van der Waals surface area (Å²) in [5.74, 6) is 0.806. The van der Waals surface area contributed by atoms with E-state index in [9.17, 15) is 0 Å². The minimum absolute atomic E-state index is 0. The van der Waals surface area contributed by atoms with Crippen molar-refractivity contribution in [3.05, 3.63) is 38.5 Å². The highest BCUT2D eigenvalue weighted by atomic mass is 127. The third-order valence-electron chi connectivity index (χ3n) is 5.00. The Bertz CT molecular complexity index is 788. The Balaban J connectivity index is 0.00000320. The van der Waals surface area contributed by atoms with Gasteiger partial charge in [0, 0.05) is 42.4 Å². The van der Waals surface area contributed by atoms with E-state index in [1.807, 2.05) is 18.4 Å². The molecule has 1 fully saturated rings. The minimum Gasteiger partial charge on any atom is -0.376 e. The van der Waals surface area contributed by atoms with E-state index in [1.54, 1.807) is 11.3 Å². The van der Waals surface area contributed by atoms with Gasteiger partial charge < -0.3 is 15.4 Å². The predicted molar refractivity (Wildman–Crippen MR) is 138 cm³/mol. The van der Waals surface area contributed by atoms with Crippen LogP contribution in [0, 0.1) is 0 Å². The number of nitrogens with zero attached hydrogens (tertiary/aromatic N) is 3. The first kappa shape index (κ1) is 25.5. The predicted octanol–water partition coefficient (Wildman–Crippen LogP) is 4.25. The number of nitrogens with one attached hydrogen (secondary N) is 2. The molecule has 3 heterocycles. The summed E-state index contributed by atoms with van der Waals surface area (Å²) in [6, 6.07) is 4.66. The van der Waals surface area contributed by atoms with Crippen molar-refractivity contribution < 1.29 is 4.74 Å². The molecular formula is C21H34IN5OS2. The average Bonchev–Trinajstić information content (AvgIpc) is 3.36. The van der Waals surface area contributed by atoms with Gasteiger partial charge in [-0.25, -0.2) is 4.98 Å². The van der Waals surface area contributed by atoms with Gasteiger partial charge in [-0.3, -0.25) is 9.89 Å². The van der Waals surface area contributed by atoms with E-state index in [0.29, 0.717) is 12.6 Å². The zero-order chi connectivity index (χ0) is 20.9. The molecule has 0 aromatic carbocycles. The van der Waals surface area contributed by atoms with Crippen molar-refractivity contribution in [3.8, 4) is 0 Å². The molecule has 1 aliphatic heterocycles. The normalized spacial score (nSPS) is 19.2. The van der Waals surface area contributed by atoms with Crippen molar-refractivity contribution >= 4 is 52.6 Å². The number of morpholine rings is 1.